The van der Waals surface area contributed by atoms with Gasteiger partial charge in [-0.1, -0.05) is 6.92 Å². The van der Waals surface area contributed by atoms with Crippen LogP contribution in [0.25, 0.3) is 0 Å². The van der Waals surface area contributed by atoms with Crippen molar-refractivity contribution in [3.05, 3.63) is 23.9 Å². The molecule has 1 aromatic rings. The van der Waals surface area contributed by atoms with Crippen molar-refractivity contribution >= 4 is 11.7 Å². The SMILES string of the molecule is COCC(C)CNC(=O)c1cccnc1N. The van der Waals surface area contributed by atoms with E-state index in [1.54, 1.807) is 25.4 Å². The summed E-state index contributed by atoms with van der Waals surface area (Å²) in [5.41, 5.74) is 6.00. The third kappa shape index (κ3) is 3.51. The Labute approximate surface area is 95.0 Å². The van der Waals surface area contributed by atoms with Crippen LogP contribution in [0.1, 0.15) is 17.3 Å². The van der Waals surface area contributed by atoms with E-state index in [9.17, 15) is 4.79 Å². The molecule has 0 aromatic carbocycles. The molecule has 88 valence electrons. The van der Waals surface area contributed by atoms with Crippen LogP contribution in [0.3, 0.4) is 0 Å². The summed E-state index contributed by atoms with van der Waals surface area (Å²) < 4.78 is 4.98. The molecule has 0 radical (unpaired) electrons. The first-order chi connectivity index (χ1) is 7.65. The maximum Gasteiger partial charge on any atom is 0.255 e. The van der Waals surface area contributed by atoms with E-state index in [-0.39, 0.29) is 17.6 Å². The van der Waals surface area contributed by atoms with Crippen molar-refractivity contribution in [1.29, 1.82) is 0 Å². The lowest BCUT2D eigenvalue weighted by molar-refractivity contribution is 0.0934. The minimum absolute atomic E-state index is 0.200. The number of amides is 1. The van der Waals surface area contributed by atoms with Crippen molar-refractivity contribution < 1.29 is 9.53 Å². The molecule has 0 aliphatic rings. The van der Waals surface area contributed by atoms with Gasteiger partial charge in [0.2, 0.25) is 0 Å². The lowest BCUT2D eigenvalue weighted by atomic mass is 10.2. The molecule has 1 atom stereocenters. The van der Waals surface area contributed by atoms with Crippen LogP contribution in [0, 0.1) is 5.92 Å². The molecule has 0 fully saturated rings. The number of anilines is 1. The number of pyridine rings is 1. The van der Waals surface area contributed by atoms with Gasteiger partial charge in [-0.3, -0.25) is 4.79 Å². The Bertz CT molecular complexity index is 355. The smallest absolute Gasteiger partial charge is 0.255 e. The number of nitrogens with zero attached hydrogens (tertiary/aromatic N) is 1. The summed E-state index contributed by atoms with van der Waals surface area (Å²) in [6, 6.07) is 3.34. The molecule has 1 amide bonds. The monoisotopic (exact) mass is 223 g/mol. The van der Waals surface area contributed by atoms with Gasteiger partial charge in [0.1, 0.15) is 5.82 Å². The number of methoxy groups -OCH3 is 1. The molecule has 1 aromatic heterocycles. The number of hydrogen-bond acceptors (Lipinski definition) is 4. The maximum absolute atomic E-state index is 11.7. The lowest BCUT2D eigenvalue weighted by Gasteiger charge is -2.11. The first-order valence-electron chi connectivity index (χ1n) is 5.12. The van der Waals surface area contributed by atoms with Gasteiger partial charge in [0, 0.05) is 19.9 Å². The molecule has 0 saturated heterocycles. The Morgan fingerprint density at radius 1 is 1.69 bits per heavy atom. The highest BCUT2D eigenvalue weighted by Crippen LogP contribution is 2.06. The van der Waals surface area contributed by atoms with E-state index in [0.29, 0.717) is 18.7 Å². The second-order valence-electron chi connectivity index (χ2n) is 3.71. The van der Waals surface area contributed by atoms with Crippen LogP contribution in [-0.2, 0) is 4.74 Å². The van der Waals surface area contributed by atoms with E-state index in [1.807, 2.05) is 6.92 Å². The van der Waals surface area contributed by atoms with E-state index in [1.165, 1.54) is 0 Å². The highest BCUT2D eigenvalue weighted by Gasteiger charge is 2.10. The topological polar surface area (TPSA) is 77.2 Å². The van der Waals surface area contributed by atoms with Crippen molar-refractivity contribution in [3.63, 3.8) is 0 Å². The van der Waals surface area contributed by atoms with Crippen molar-refractivity contribution in [2.45, 2.75) is 6.92 Å². The fourth-order valence-electron chi connectivity index (χ4n) is 1.32. The summed E-state index contributed by atoms with van der Waals surface area (Å²) in [6.45, 7) is 3.17. The molecule has 3 N–H and O–H groups in total. The van der Waals surface area contributed by atoms with Gasteiger partial charge in [-0.2, -0.15) is 0 Å². The molecule has 0 saturated carbocycles. The van der Waals surface area contributed by atoms with E-state index >= 15 is 0 Å². The number of rotatable bonds is 5. The molecule has 5 nitrogen and oxygen atoms in total. The summed E-state index contributed by atoms with van der Waals surface area (Å²) in [7, 11) is 1.64. The number of carbonyl (C=O) groups is 1. The molecule has 5 heteroatoms. The molecule has 1 heterocycles. The largest absolute Gasteiger partial charge is 0.384 e. The minimum Gasteiger partial charge on any atom is -0.384 e. The zero-order valence-electron chi connectivity index (χ0n) is 9.56. The average molecular weight is 223 g/mol. The fraction of sp³-hybridized carbons (Fsp3) is 0.455. The number of hydrogen-bond donors (Lipinski definition) is 2. The Morgan fingerprint density at radius 3 is 3.06 bits per heavy atom. The molecule has 0 spiro atoms. The second kappa shape index (κ2) is 6.07. The molecule has 16 heavy (non-hydrogen) atoms. The van der Waals surface area contributed by atoms with Gasteiger partial charge in [-0.15, -0.1) is 0 Å². The Kier molecular flexibility index (Phi) is 4.72. The summed E-state index contributed by atoms with van der Waals surface area (Å²) >= 11 is 0. The van der Waals surface area contributed by atoms with Crippen LogP contribution in [0.4, 0.5) is 5.82 Å². The van der Waals surface area contributed by atoms with Crippen LogP contribution in [-0.4, -0.2) is 31.2 Å². The van der Waals surface area contributed by atoms with Gasteiger partial charge in [0.25, 0.3) is 5.91 Å². The normalized spacial score (nSPS) is 12.1. The molecule has 0 bridgehead atoms. The van der Waals surface area contributed by atoms with E-state index in [4.69, 9.17) is 10.5 Å². The highest BCUT2D eigenvalue weighted by atomic mass is 16.5. The molecular weight excluding hydrogens is 206 g/mol. The number of nitrogens with one attached hydrogen (secondary N) is 1. The minimum atomic E-state index is -0.200. The van der Waals surface area contributed by atoms with Crippen LogP contribution >= 0.6 is 0 Å². The summed E-state index contributed by atoms with van der Waals surface area (Å²) in [5, 5.41) is 2.79. The second-order valence-corrected chi connectivity index (χ2v) is 3.71. The predicted octanol–water partition coefficient (Wildman–Crippen LogP) is 0.676. The van der Waals surface area contributed by atoms with Gasteiger partial charge >= 0.3 is 0 Å². The maximum atomic E-state index is 11.7. The zero-order chi connectivity index (χ0) is 12.0. The quantitative estimate of drug-likeness (QED) is 0.769. The number of aromatic nitrogens is 1. The Hall–Kier alpha value is -1.62. The molecule has 1 unspecified atom stereocenters. The number of ether oxygens (including phenoxy) is 1. The van der Waals surface area contributed by atoms with Gasteiger partial charge < -0.3 is 15.8 Å². The third-order valence-corrected chi connectivity index (χ3v) is 2.15. The van der Waals surface area contributed by atoms with Crippen molar-refractivity contribution in [2.75, 3.05) is 26.0 Å². The summed E-state index contributed by atoms with van der Waals surface area (Å²) in [5.74, 6) is 0.319. The van der Waals surface area contributed by atoms with Crippen molar-refractivity contribution in [1.82, 2.24) is 10.3 Å². The summed E-state index contributed by atoms with van der Waals surface area (Å²) in [4.78, 5) is 15.6. The highest BCUT2D eigenvalue weighted by molar-refractivity contribution is 5.98. The van der Waals surface area contributed by atoms with E-state index in [0.717, 1.165) is 0 Å². The molecule has 0 aliphatic heterocycles. The van der Waals surface area contributed by atoms with Crippen LogP contribution in [0.2, 0.25) is 0 Å². The first-order valence-corrected chi connectivity index (χ1v) is 5.12. The zero-order valence-corrected chi connectivity index (χ0v) is 9.56. The number of carbonyl (C=O) groups excluding carboxylic acids is 1. The van der Waals surface area contributed by atoms with Crippen molar-refractivity contribution in [2.24, 2.45) is 5.92 Å². The van der Waals surface area contributed by atoms with Crippen LogP contribution in [0.15, 0.2) is 18.3 Å². The standard InChI is InChI=1S/C11H17N3O2/c1-8(7-16-2)6-14-11(15)9-4-3-5-13-10(9)12/h3-5,8H,6-7H2,1-2H3,(H2,12,13)(H,14,15). The first kappa shape index (κ1) is 12.4. The molecule has 0 aliphatic carbocycles. The van der Waals surface area contributed by atoms with Gasteiger partial charge in [0.05, 0.1) is 12.2 Å². The number of nitrogen functional groups attached to an aromatic ring is 1. The van der Waals surface area contributed by atoms with E-state index < -0.39 is 0 Å². The van der Waals surface area contributed by atoms with Crippen LogP contribution < -0.4 is 11.1 Å². The summed E-state index contributed by atoms with van der Waals surface area (Å²) in [6.07, 6.45) is 1.56. The predicted molar refractivity (Wildman–Crippen MR) is 62.0 cm³/mol. The van der Waals surface area contributed by atoms with Crippen molar-refractivity contribution in [3.8, 4) is 0 Å². The fourth-order valence-corrected chi connectivity index (χ4v) is 1.32. The van der Waals surface area contributed by atoms with Gasteiger partial charge in [-0.05, 0) is 18.1 Å². The Balaban J connectivity index is 2.50. The molecule has 1 rings (SSSR count). The third-order valence-electron chi connectivity index (χ3n) is 2.15. The van der Waals surface area contributed by atoms with Crippen LogP contribution in [0.5, 0.6) is 0 Å². The van der Waals surface area contributed by atoms with E-state index in [2.05, 4.69) is 10.3 Å². The Morgan fingerprint density at radius 2 is 2.44 bits per heavy atom. The lowest BCUT2D eigenvalue weighted by Crippen LogP contribution is -2.30. The van der Waals surface area contributed by atoms with Gasteiger partial charge in [-0.25, -0.2) is 4.98 Å². The number of nitrogens with two attached hydrogens (primary N) is 1. The van der Waals surface area contributed by atoms with Gasteiger partial charge in [0.15, 0.2) is 0 Å². The molecular formula is C11H17N3O2. The average Bonchev–Trinajstić information content (AvgIpc) is 2.27.